The maximum atomic E-state index is 12.8. The van der Waals surface area contributed by atoms with E-state index in [4.69, 9.17) is 4.74 Å². The smallest absolute Gasteiger partial charge is 0.407 e. The molecule has 31 heavy (non-hydrogen) atoms. The maximum Gasteiger partial charge on any atom is 0.407 e. The van der Waals surface area contributed by atoms with Gasteiger partial charge in [0.2, 0.25) is 0 Å². The van der Waals surface area contributed by atoms with Gasteiger partial charge < -0.3 is 29.8 Å². The summed E-state index contributed by atoms with van der Waals surface area (Å²) in [7, 11) is 1.91. The second-order valence-electron chi connectivity index (χ2n) is 8.69. The predicted octanol–water partition coefficient (Wildman–Crippen LogP) is 2.45. The summed E-state index contributed by atoms with van der Waals surface area (Å²) in [4.78, 5) is 39.4. The van der Waals surface area contributed by atoms with Gasteiger partial charge in [0, 0.05) is 51.0 Å². The monoisotopic (exact) mass is 431 g/mol. The Morgan fingerprint density at radius 2 is 2.13 bits per heavy atom. The molecule has 1 aliphatic heterocycles. The van der Waals surface area contributed by atoms with E-state index in [1.165, 1.54) is 4.90 Å². The third-order valence-electron chi connectivity index (χ3n) is 5.10. The molecule has 0 spiro atoms. The van der Waals surface area contributed by atoms with Crippen LogP contribution in [0, 0.1) is 0 Å². The number of rotatable bonds is 10. The fourth-order valence-electron chi connectivity index (χ4n) is 3.45. The molecule has 0 fully saturated rings. The molecule has 1 unspecified atom stereocenters. The van der Waals surface area contributed by atoms with Gasteiger partial charge in [-0.15, -0.1) is 0 Å². The van der Waals surface area contributed by atoms with Crippen LogP contribution < -0.4 is 5.32 Å². The van der Waals surface area contributed by atoms with Crippen molar-refractivity contribution in [2.24, 2.45) is 0 Å². The van der Waals surface area contributed by atoms with Crippen molar-refractivity contribution in [3.8, 4) is 0 Å². The van der Waals surface area contributed by atoms with Gasteiger partial charge in [-0.2, -0.15) is 0 Å². The Hall–Kier alpha value is -2.87. The zero-order valence-electron chi connectivity index (χ0n) is 18.8. The first-order valence-electron chi connectivity index (χ1n) is 10.4. The molecule has 0 aromatic heterocycles. The van der Waals surface area contributed by atoms with E-state index in [1.54, 1.807) is 6.07 Å². The van der Waals surface area contributed by atoms with Crippen molar-refractivity contribution < 1.29 is 24.2 Å². The van der Waals surface area contributed by atoms with Crippen LogP contribution in [0.2, 0.25) is 0 Å². The van der Waals surface area contributed by atoms with E-state index in [2.05, 4.69) is 11.9 Å². The number of aliphatic hydroxyl groups is 1. The molecule has 2 N–H and O–H groups in total. The minimum absolute atomic E-state index is 0.156. The van der Waals surface area contributed by atoms with Gasteiger partial charge in [-0.3, -0.25) is 4.79 Å². The molecule has 1 aromatic rings. The third-order valence-corrected chi connectivity index (χ3v) is 5.10. The van der Waals surface area contributed by atoms with Crippen LogP contribution in [0.1, 0.15) is 55.1 Å². The number of alkyl carbamates (subject to hydrolysis) is 1. The van der Waals surface area contributed by atoms with Crippen molar-refractivity contribution in [1.29, 1.82) is 0 Å². The molecule has 1 aliphatic rings. The number of aliphatic hydroxyl groups excluding tert-OH is 1. The maximum absolute atomic E-state index is 12.8. The second kappa shape index (κ2) is 10.4. The molecule has 170 valence electrons. The van der Waals surface area contributed by atoms with Gasteiger partial charge >= 0.3 is 6.09 Å². The molecule has 1 heterocycles. The molecule has 0 aliphatic carbocycles. The molecule has 8 nitrogen and oxygen atoms in total. The number of carbonyl (C=O) groups is 3. The number of ether oxygens (including phenoxy) is 1. The van der Waals surface area contributed by atoms with Gasteiger partial charge in [-0.25, -0.2) is 4.79 Å². The topological polar surface area (TPSA) is 99.2 Å². The van der Waals surface area contributed by atoms with Gasteiger partial charge in [0.15, 0.2) is 0 Å². The molecular formula is C23H33N3O5. The zero-order valence-corrected chi connectivity index (χ0v) is 18.8. The Morgan fingerprint density at radius 3 is 2.74 bits per heavy atom. The summed E-state index contributed by atoms with van der Waals surface area (Å²) in [5.41, 5.74) is 2.75. The Balaban J connectivity index is 1.97. The Bertz CT molecular complexity index is 831. The number of nitrogens with zero attached hydrogens (tertiary/aromatic N) is 2. The van der Waals surface area contributed by atoms with Crippen LogP contribution in [0.25, 0.3) is 0 Å². The number of hydrogen-bond acceptors (Lipinski definition) is 6. The van der Waals surface area contributed by atoms with Crippen LogP contribution >= 0.6 is 0 Å². The van der Waals surface area contributed by atoms with E-state index < -0.39 is 17.7 Å². The van der Waals surface area contributed by atoms with Crippen LogP contribution in [0.15, 0.2) is 30.5 Å². The van der Waals surface area contributed by atoms with Gasteiger partial charge in [0.05, 0.1) is 6.04 Å². The zero-order chi connectivity index (χ0) is 23.2. The highest BCUT2D eigenvalue weighted by Crippen LogP contribution is 2.29. The van der Waals surface area contributed by atoms with E-state index in [-0.39, 0.29) is 18.9 Å². The summed E-state index contributed by atoms with van der Waals surface area (Å²) in [6.45, 7) is 10.7. The van der Waals surface area contributed by atoms with Crippen molar-refractivity contribution in [2.45, 2.75) is 58.3 Å². The molecule has 1 atom stereocenters. The highest BCUT2D eigenvalue weighted by Gasteiger charge is 2.33. The Morgan fingerprint density at radius 1 is 1.42 bits per heavy atom. The van der Waals surface area contributed by atoms with Crippen LogP contribution in [-0.2, 0) is 22.6 Å². The fourth-order valence-corrected chi connectivity index (χ4v) is 3.45. The highest BCUT2D eigenvalue weighted by atomic mass is 16.6. The third kappa shape index (κ3) is 6.55. The molecule has 0 saturated heterocycles. The summed E-state index contributed by atoms with van der Waals surface area (Å²) >= 11 is 0. The Labute approximate surface area is 183 Å². The fraction of sp³-hybridized carbons (Fsp3) is 0.522. The molecule has 0 saturated carbocycles. The summed E-state index contributed by atoms with van der Waals surface area (Å²) in [6.07, 6.45) is 1.03. The number of carbonyl (C=O) groups excluding carboxylic acids is 3. The molecular weight excluding hydrogens is 398 g/mol. The SMILES string of the molecule is C=C(CCNC(=O)OC(C)(C)C)N(C)Cc1cccc2c1CN(C(C=O)CCO)C2=O. The molecule has 0 bridgehead atoms. The van der Waals surface area contributed by atoms with E-state index in [9.17, 15) is 19.5 Å². The van der Waals surface area contributed by atoms with E-state index in [0.29, 0.717) is 37.9 Å². The van der Waals surface area contributed by atoms with Crippen molar-refractivity contribution in [2.75, 3.05) is 20.2 Å². The van der Waals surface area contributed by atoms with Crippen LogP contribution in [0.3, 0.4) is 0 Å². The number of nitrogens with one attached hydrogen (secondary N) is 1. The number of fused-ring (bicyclic) bond motifs is 1. The standard InChI is InChI=1S/C23H33N3O5/c1-16(9-11-24-22(30)31-23(2,3)4)25(5)13-17-7-6-8-19-20(17)14-26(21(19)29)18(15-28)10-12-27/h6-8,15,18,27H,1,9-14H2,2-5H3,(H,24,30). The average molecular weight is 432 g/mol. The van der Waals surface area contributed by atoms with Gasteiger partial charge in [0.25, 0.3) is 5.91 Å². The lowest BCUT2D eigenvalue weighted by atomic mass is 10.0. The molecule has 8 heteroatoms. The first-order valence-corrected chi connectivity index (χ1v) is 10.4. The summed E-state index contributed by atoms with van der Waals surface area (Å²) in [6, 6.07) is 4.92. The highest BCUT2D eigenvalue weighted by molar-refractivity contribution is 6.00. The molecule has 2 rings (SSSR count). The quantitative estimate of drug-likeness (QED) is 0.552. The largest absolute Gasteiger partial charge is 0.444 e. The van der Waals surface area contributed by atoms with Crippen LogP contribution in [0.5, 0.6) is 0 Å². The van der Waals surface area contributed by atoms with Gasteiger partial charge in [0.1, 0.15) is 11.9 Å². The first-order chi connectivity index (χ1) is 14.6. The van der Waals surface area contributed by atoms with Gasteiger partial charge in [-0.1, -0.05) is 18.7 Å². The normalized spacial score (nSPS) is 14.1. The lowest BCUT2D eigenvalue weighted by molar-refractivity contribution is -0.112. The van der Waals surface area contributed by atoms with E-state index >= 15 is 0 Å². The molecule has 2 amide bonds. The second-order valence-corrected chi connectivity index (χ2v) is 8.69. The Kier molecular flexibility index (Phi) is 8.21. The van der Waals surface area contributed by atoms with Crippen molar-refractivity contribution in [3.63, 3.8) is 0 Å². The summed E-state index contributed by atoms with van der Waals surface area (Å²) in [5.74, 6) is -0.189. The number of hydrogen-bond donors (Lipinski definition) is 2. The number of benzene rings is 1. The average Bonchev–Trinajstić information content (AvgIpc) is 3.02. The first kappa shape index (κ1) is 24.4. The lowest BCUT2D eigenvalue weighted by Crippen LogP contribution is -2.37. The van der Waals surface area contributed by atoms with Gasteiger partial charge in [-0.05, 0) is 44.4 Å². The van der Waals surface area contributed by atoms with Crippen molar-refractivity contribution >= 4 is 18.3 Å². The minimum Gasteiger partial charge on any atom is -0.444 e. The molecule has 1 aromatic carbocycles. The number of aldehydes is 1. The van der Waals surface area contributed by atoms with E-state index in [0.717, 1.165) is 16.8 Å². The van der Waals surface area contributed by atoms with Crippen LogP contribution in [0.4, 0.5) is 4.79 Å². The number of amides is 2. The van der Waals surface area contributed by atoms with E-state index in [1.807, 2.05) is 44.9 Å². The van der Waals surface area contributed by atoms with Crippen LogP contribution in [-0.4, -0.2) is 65.0 Å². The summed E-state index contributed by atoms with van der Waals surface area (Å²) in [5, 5.41) is 11.9. The van der Waals surface area contributed by atoms with Crippen molar-refractivity contribution in [3.05, 3.63) is 47.2 Å². The lowest BCUT2D eigenvalue weighted by Gasteiger charge is -2.24. The summed E-state index contributed by atoms with van der Waals surface area (Å²) < 4.78 is 5.22. The minimum atomic E-state index is -0.635. The predicted molar refractivity (Wildman–Crippen MR) is 117 cm³/mol. The van der Waals surface area contributed by atoms with Crippen molar-refractivity contribution in [1.82, 2.24) is 15.1 Å². The molecule has 0 radical (unpaired) electrons.